The molecule has 11 aromatic carbocycles. The lowest BCUT2D eigenvalue weighted by atomic mass is 9.81. The fourth-order valence-electron chi connectivity index (χ4n) is 15.8. The third-order valence-corrected chi connectivity index (χ3v) is 20.3. The van der Waals surface area contributed by atoms with Gasteiger partial charge in [-0.15, -0.1) is 0 Å². The van der Waals surface area contributed by atoms with Crippen LogP contribution in [0.3, 0.4) is 0 Å². The van der Waals surface area contributed by atoms with Crippen LogP contribution in [-0.2, 0) is 21.7 Å². The molecule has 0 amide bonds. The van der Waals surface area contributed by atoms with Gasteiger partial charge in [-0.05, 0) is 234 Å². The Morgan fingerprint density at radius 2 is 0.455 bits per heavy atom. The number of benzene rings is 11. The van der Waals surface area contributed by atoms with Crippen LogP contribution in [0.25, 0.3) is 68.8 Å². The molecule has 0 saturated heterocycles. The van der Waals surface area contributed by atoms with Crippen molar-refractivity contribution in [2.75, 3.05) is 9.80 Å². The second kappa shape index (κ2) is 20.0. The first kappa shape index (κ1) is 55.1. The van der Waals surface area contributed by atoms with E-state index >= 15 is 0 Å². The van der Waals surface area contributed by atoms with Gasteiger partial charge in [-0.3, -0.25) is 0 Å². The molecule has 15 rings (SSSR count). The molecule has 2 heteroatoms. The average molecular weight is 1140 g/mol. The second-order valence-corrected chi connectivity index (χ2v) is 27.8. The average Bonchev–Trinajstić information content (AvgIpc) is 2.61. The molecule has 0 fully saturated rings. The van der Waals surface area contributed by atoms with E-state index < -0.39 is 0 Å². The summed E-state index contributed by atoms with van der Waals surface area (Å²) < 4.78 is 0. The lowest BCUT2D eigenvalue weighted by Crippen LogP contribution is -2.18. The minimum absolute atomic E-state index is 0.0972. The summed E-state index contributed by atoms with van der Waals surface area (Å²) in [5.41, 5.74) is 37.9. The zero-order valence-corrected chi connectivity index (χ0v) is 53.0. The summed E-state index contributed by atoms with van der Waals surface area (Å²) in [6.07, 6.45) is 9.04. The molecule has 4 aliphatic rings. The first-order valence-corrected chi connectivity index (χ1v) is 31.5. The number of aryl methyl sites for hydroxylation is 4. The van der Waals surface area contributed by atoms with Gasteiger partial charge in [0.15, 0.2) is 0 Å². The molecule has 0 bridgehead atoms. The molecule has 11 aromatic rings. The van der Waals surface area contributed by atoms with Gasteiger partial charge in [-0.1, -0.05) is 225 Å². The molecule has 0 spiro atoms. The van der Waals surface area contributed by atoms with Gasteiger partial charge in [0.05, 0.1) is 0 Å². The van der Waals surface area contributed by atoms with Gasteiger partial charge in [-0.25, -0.2) is 0 Å². The summed E-state index contributed by atoms with van der Waals surface area (Å²) >= 11 is 0. The molecule has 2 nitrogen and oxygen atoms in total. The Bertz CT molecular complexity index is 4440. The molecule has 0 saturated carbocycles. The third-order valence-electron chi connectivity index (χ3n) is 20.3. The second-order valence-electron chi connectivity index (χ2n) is 27.8. The molecule has 0 aliphatic heterocycles. The molecule has 0 atom stereocenters. The van der Waals surface area contributed by atoms with E-state index in [-0.39, 0.29) is 21.7 Å². The maximum atomic E-state index is 2.48. The zero-order valence-electron chi connectivity index (χ0n) is 53.0. The topological polar surface area (TPSA) is 6.48 Å². The number of fused-ring (bicyclic) bond motifs is 12. The monoisotopic (exact) mass is 1140 g/mol. The van der Waals surface area contributed by atoms with E-state index in [2.05, 4.69) is 336 Å². The summed E-state index contributed by atoms with van der Waals surface area (Å²) in [7, 11) is 0. The molecule has 0 radical (unpaired) electrons. The van der Waals surface area contributed by atoms with E-state index in [1.807, 2.05) is 0 Å². The van der Waals surface area contributed by atoms with E-state index in [4.69, 9.17) is 0 Å². The summed E-state index contributed by atoms with van der Waals surface area (Å²) in [6.45, 7) is 27.9. The Morgan fingerprint density at radius 1 is 0.216 bits per heavy atom. The van der Waals surface area contributed by atoms with Crippen LogP contribution in [0.4, 0.5) is 34.1 Å². The van der Waals surface area contributed by atoms with Crippen molar-refractivity contribution < 1.29 is 0 Å². The van der Waals surface area contributed by atoms with Crippen molar-refractivity contribution in [1.29, 1.82) is 0 Å². The van der Waals surface area contributed by atoms with E-state index in [0.29, 0.717) is 0 Å². The fourth-order valence-corrected chi connectivity index (χ4v) is 15.8. The molecule has 4 aliphatic carbocycles. The minimum atomic E-state index is -0.199. The van der Waals surface area contributed by atoms with E-state index in [9.17, 15) is 0 Å². The van der Waals surface area contributed by atoms with Gasteiger partial charge >= 0.3 is 0 Å². The molecule has 0 heterocycles. The molecular formula is C86H76N2. The first-order chi connectivity index (χ1) is 42.2. The van der Waals surface area contributed by atoms with Crippen molar-refractivity contribution in [2.24, 2.45) is 0 Å². The normalized spacial score (nSPS) is 15.3. The standard InChI is InChI=1S/C86H76N2/c1-53-41-54(2)44-65(43-53)87(61-31-37-71-67-17-13-15-19-75(67)83(5,6)79(71)49-61)63-33-39-73-69-35-29-59(47-77(69)85(9,10)81(73)51-63)27-25-57-21-23-58(24-22-57)26-28-60-30-36-70-74-40-34-64(52-82(74)86(11,12)78(70)48-60)88(66-45-55(3)42-56(4)46-66)62-32-38-72-68-18-14-16-20-76(68)84(7,8)80(72)50-62/h13-52H,1-12H3/b27-25+,28-26+. The van der Waals surface area contributed by atoms with E-state index in [0.717, 1.165) is 0 Å². The molecule has 0 N–H and O–H groups in total. The first-order valence-electron chi connectivity index (χ1n) is 31.5. The largest absolute Gasteiger partial charge is 0.310 e. The Balaban J connectivity index is 0.665. The van der Waals surface area contributed by atoms with Gasteiger partial charge in [-0.2, -0.15) is 0 Å². The quantitative estimate of drug-likeness (QED) is 0.126. The molecular weight excluding hydrogens is 1060 g/mol. The van der Waals surface area contributed by atoms with Crippen molar-refractivity contribution in [1.82, 2.24) is 0 Å². The summed E-state index contributed by atoms with van der Waals surface area (Å²) in [5, 5.41) is 0. The van der Waals surface area contributed by atoms with Gasteiger partial charge in [0.1, 0.15) is 0 Å². The van der Waals surface area contributed by atoms with Crippen LogP contribution >= 0.6 is 0 Å². The summed E-state index contributed by atoms with van der Waals surface area (Å²) in [5.74, 6) is 0. The maximum Gasteiger partial charge on any atom is 0.0466 e. The minimum Gasteiger partial charge on any atom is -0.310 e. The summed E-state index contributed by atoms with van der Waals surface area (Å²) in [4.78, 5) is 4.96. The van der Waals surface area contributed by atoms with Crippen molar-refractivity contribution in [2.45, 2.75) is 105 Å². The Kier molecular flexibility index (Phi) is 12.5. The van der Waals surface area contributed by atoms with Crippen LogP contribution in [0.15, 0.2) is 218 Å². The molecule has 88 heavy (non-hydrogen) atoms. The highest BCUT2D eigenvalue weighted by molar-refractivity contribution is 5.92. The lowest BCUT2D eigenvalue weighted by Gasteiger charge is -2.30. The Hall–Kier alpha value is -9.50. The van der Waals surface area contributed by atoms with Crippen molar-refractivity contribution in [3.63, 3.8) is 0 Å². The summed E-state index contributed by atoms with van der Waals surface area (Å²) in [6, 6.07) is 83.2. The predicted molar refractivity (Wildman–Crippen MR) is 376 cm³/mol. The number of hydrogen-bond acceptors (Lipinski definition) is 2. The van der Waals surface area contributed by atoms with Crippen LogP contribution in [0.5, 0.6) is 0 Å². The van der Waals surface area contributed by atoms with Gasteiger partial charge in [0.2, 0.25) is 0 Å². The van der Waals surface area contributed by atoms with Crippen LogP contribution < -0.4 is 9.80 Å². The van der Waals surface area contributed by atoms with Crippen molar-refractivity contribution >= 4 is 58.4 Å². The van der Waals surface area contributed by atoms with Gasteiger partial charge < -0.3 is 9.80 Å². The van der Waals surface area contributed by atoms with Crippen LogP contribution in [0.2, 0.25) is 0 Å². The SMILES string of the molecule is Cc1cc(C)cc(N(c2ccc3c(c2)C(C)(C)c2ccccc2-3)c2ccc3c(c2)C(C)(C)c2cc(/C=C/c4ccc(/C=C/c5ccc6c(c5)C(C)(C)c5cc(N(c7cc(C)cc(C)c7)c7ccc8c(c7)C(C)(C)c7ccccc7-8)ccc5-6)cc4)ccc2-3)c1. The van der Waals surface area contributed by atoms with Crippen molar-refractivity contribution in [3.05, 3.63) is 307 Å². The number of anilines is 6. The molecule has 0 aromatic heterocycles. The highest BCUT2D eigenvalue weighted by atomic mass is 15.1. The zero-order chi connectivity index (χ0) is 60.8. The third kappa shape index (κ3) is 8.81. The highest BCUT2D eigenvalue weighted by Crippen LogP contribution is 2.56. The number of nitrogens with zero attached hydrogens (tertiary/aromatic N) is 2. The predicted octanol–water partition coefficient (Wildman–Crippen LogP) is 23.4. The Labute approximate surface area is 521 Å². The van der Waals surface area contributed by atoms with Crippen LogP contribution in [0.1, 0.15) is 144 Å². The fraction of sp³-hybridized carbons (Fsp3) is 0.186. The lowest BCUT2D eigenvalue weighted by molar-refractivity contribution is 0.659. The number of hydrogen-bond donors (Lipinski definition) is 0. The highest BCUT2D eigenvalue weighted by Gasteiger charge is 2.40. The van der Waals surface area contributed by atoms with E-state index in [1.165, 1.54) is 168 Å². The van der Waals surface area contributed by atoms with Gasteiger partial charge in [0, 0.05) is 55.8 Å². The van der Waals surface area contributed by atoms with Crippen LogP contribution in [0, 0.1) is 27.7 Å². The van der Waals surface area contributed by atoms with E-state index in [1.54, 1.807) is 0 Å². The van der Waals surface area contributed by atoms with Gasteiger partial charge in [0.25, 0.3) is 0 Å². The molecule has 0 unspecified atom stereocenters. The maximum absolute atomic E-state index is 2.48. The van der Waals surface area contributed by atoms with Crippen molar-refractivity contribution in [3.8, 4) is 44.5 Å². The number of rotatable bonds is 10. The smallest absolute Gasteiger partial charge is 0.0466 e. The van der Waals surface area contributed by atoms with Crippen LogP contribution in [-0.4, -0.2) is 0 Å². The molecule has 430 valence electrons. The Morgan fingerprint density at radius 3 is 0.773 bits per heavy atom.